The molecule has 0 bridgehead atoms. The molecule has 4 nitrogen and oxygen atoms in total. The first kappa shape index (κ1) is 20.7. The quantitative estimate of drug-likeness (QED) is 0.341. The Morgan fingerprint density at radius 3 is 2.39 bits per heavy atom. The fraction of sp³-hybridized carbons (Fsp3) is 0.222. The molecular weight excluding hydrogens is 386 g/mol. The van der Waals surface area contributed by atoms with E-state index in [2.05, 4.69) is 44.0 Å². The number of H-pyrrole nitrogens is 1. The highest BCUT2D eigenvalue weighted by Gasteiger charge is 2.19. The van der Waals surface area contributed by atoms with E-state index in [1.54, 1.807) is 0 Å². The zero-order valence-corrected chi connectivity index (χ0v) is 18.2. The molecule has 31 heavy (non-hydrogen) atoms. The van der Waals surface area contributed by atoms with Gasteiger partial charge in [-0.25, -0.2) is 4.79 Å². The molecule has 4 rings (SSSR count). The number of carboxylic acid groups (broad SMARTS) is 1. The lowest BCUT2D eigenvalue weighted by Crippen LogP contribution is -2.05. The Kier molecular flexibility index (Phi) is 5.81. The van der Waals surface area contributed by atoms with Gasteiger partial charge in [0.1, 0.15) is 11.4 Å². The second kappa shape index (κ2) is 8.68. The highest BCUT2D eigenvalue weighted by Crippen LogP contribution is 2.34. The predicted octanol–water partition coefficient (Wildman–Crippen LogP) is 6.47. The first-order valence-electron chi connectivity index (χ1n) is 10.6. The Labute approximate surface area is 182 Å². The third-order valence-corrected chi connectivity index (χ3v) is 5.97. The number of rotatable bonds is 7. The molecule has 158 valence electrons. The number of para-hydroxylation sites is 1. The van der Waals surface area contributed by atoms with Gasteiger partial charge in [0.05, 0.1) is 12.1 Å². The Balaban J connectivity index is 1.62. The number of fused-ring (bicyclic) bond motifs is 1. The van der Waals surface area contributed by atoms with Gasteiger partial charge in [-0.1, -0.05) is 54.6 Å². The molecule has 4 heteroatoms. The molecule has 2 N–H and O–H groups in total. The first-order valence-corrected chi connectivity index (χ1v) is 10.6. The van der Waals surface area contributed by atoms with Gasteiger partial charge in [-0.3, -0.25) is 0 Å². The van der Waals surface area contributed by atoms with Gasteiger partial charge in [-0.15, -0.1) is 0 Å². The Bertz CT molecular complexity index is 1250. The zero-order chi connectivity index (χ0) is 22.0. The van der Waals surface area contributed by atoms with Gasteiger partial charge in [0, 0.05) is 10.9 Å². The van der Waals surface area contributed by atoms with Crippen LogP contribution >= 0.6 is 0 Å². The number of benzene rings is 3. The van der Waals surface area contributed by atoms with Crippen LogP contribution in [-0.4, -0.2) is 22.7 Å². The lowest BCUT2D eigenvalue weighted by Gasteiger charge is -2.11. The number of hydrogen-bond acceptors (Lipinski definition) is 2. The van der Waals surface area contributed by atoms with Crippen LogP contribution in [0.5, 0.6) is 5.75 Å². The standard InChI is InChI=1S/C27H27NO3/c1-17-10-6-15-24(19(17)3)31-16-8-14-23-22-13-7-12-21(20-11-5-4-9-18(20)2)25(22)28-26(23)27(29)30/h4-7,9-13,15,28H,8,14,16H2,1-3H3,(H,29,30). The van der Waals surface area contributed by atoms with Crippen LogP contribution in [0.15, 0.2) is 60.7 Å². The van der Waals surface area contributed by atoms with Crippen LogP contribution in [0.2, 0.25) is 0 Å². The zero-order valence-electron chi connectivity index (χ0n) is 18.2. The largest absolute Gasteiger partial charge is 0.493 e. The third-order valence-electron chi connectivity index (χ3n) is 5.97. The molecule has 1 heterocycles. The lowest BCUT2D eigenvalue weighted by molar-refractivity contribution is 0.0690. The molecule has 0 saturated heterocycles. The van der Waals surface area contributed by atoms with Crippen molar-refractivity contribution in [2.24, 2.45) is 0 Å². The SMILES string of the molecule is Cc1ccccc1-c1cccc2c(CCCOc3cccc(C)c3C)c(C(=O)O)[nH]c12. The van der Waals surface area contributed by atoms with Crippen LogP contribution < -0.4 is 4.74 Å². The van der Waals surface area contributed by atoms with Crippen molar-refractivity contribution in [3.63, 3.8) is 0 Å². The Morgan fingerprint density at radius 1 is 0.903 bits per heavy atom. The van der Waals surface area contributed by atoms with Crippen molar-refractivity contribution in [3.05, 3.63) is 88.6 Å². The third kappa shape index (κ3) is 4.06. The van der Waals surface area contributed by atoms with Crippen molar-refractivity contribution in [3.8, 4) is 16.9 Å². The van der Waals surface area contributed by atoms with Crippen molar-refractivity contribution < 1.29 is 14.6 Å². The summed E-state index contributed by atoms with van der Waals surface area (Å²) >= 11 is 0. The van der Waals surface area contributed by atoms with Crippen LogP contribution in [0.25, 0.3) is 22.0 Å². The van der Waals surface area contributed by atoms with Gasteiger partial charge in [0.15, 0.2) is 0 Å². The van der Waals surface area contributed by atoms with E-state index in [9.17, 15) is 9.90 Å². The molecule has 4 aromatic rings. The Hall–Kier alpha value is -3.53. The summed E-state index contributed by atoms with van der Waals surface area (Å²) in [5.41, 5.74) is 7.61. The molecule has 0 fully saturated rings. The van der Waals surface area contributed by atoms with E-state index in [4.69, 9.17) is 4.74 Å². The van der Waals surface area contributed by atoms with E-state index < -0.39 is 5.97 Å². The molecule has 0 atom stereocenters. The highest BCUT2D eigenvalue weighted by atomic mass is 16.5. The normalized spacial score (nSPS) is 11.1. The van der Waals surface area contributed by atoms with Crippen LogP contribution in [0.3, 0.4) is 0 Å². The second-order valence-corrected chi connectivity index (χ2v) is 7.98. The van der Waals surface area contributed by atoms with Gasteiger partial charge in [-0.05, 0) is 67.5 Å². The van der Waals surface area contributed by atoms with Crippen LogP contribution in [0, 0.1) is 20.8 Å². The molecule has 0 aliphatic carbocycles. The molecule has 3 aromatic carbocycles. The summed E-state index contributed by atoms with van der Waals surface area (Å²) in [6.07, 6.45) is 1.36. The molecule has 0 radical (unpaired) electrons. The second-order valence-electron chi connectivity index (χ2n) is 7.98. The predicted molar refractivity (Wildman–Crippen MR) is 125 cm³/mol. The van der Waals surface area contributed by atoms with E-state index in [0.717, 1.165) is 50.9 Å². The van der Waals surface area contributed by atoms with E-state index in [1.807, 2.05) is 42.5 Å². The van der Waals surface area contributed by atoms with E-state index in [1.165, 1.54) is 5.56 Å². The van der Waals surface area contributed by atoms with Gasteiger partial charge in [0.2, 0.25) is 0 Å². The summed E-state index contributed by atoms with van der Waals surface area (Å²) in [4.78, 5) is 15.2. The van der Waals surface area contributed by atoms with Crippen molar-refractivity contribution in [1.29, 1.82) is 0 Å². The average Bonchev–Trinajstić information content (AvgIpc) is 3.13. The number of aryl methyl sites for hydroxylation is 3. The number of carboxylic acids is 1. The number of hydrogen-bond donors (Lipinski definition) is 2. The summed E-state index contributed by atoms with van der Waals surface area (Å²) in [5, 5.41) is 10.8. The van der Waals surface area contributed by atoms with Gasteiger partial charge < -0.3 is 14.8 Å². The fourth-order valence-corrected chi connectivity index (χ4v) is 4.13. The monoisotopic (exact) mass is 413 g/mol. The molecule has 1 aromatic heterocycles. The summed E-state index contributed by atoms with van der Waals surface area (Å²) < 4.78 is 5.98. The molecule has 0 spiro atoms. The van der Waals surface area contributed by atoms with E-state index in [-0.39, 0.29) is 5.69 Å². The molecule has 0 aliphatic rings. The average molecular weight is 414 g/mol. The van der Waals surface area contributed by atoms with Crippen LogP contribution in [-0.2, 0) is 6.42 Å². The van der Waals surface area contributed by atoms with Crippen LogP contribution in [0.1, 0.15) is 39.2 Å². The van der Waals surface area contributed by atoms with Gasteiger partial charge in [-0.2, -0.15) is 0 Å². The van der Waals surface area contributed by atoms with Crippen molar-refractivity contribution >= 4 is 16.9 Å². The molecular formula is C27H27NO3. The van der Waals surface area contributed by atoms with Gasteiger partial charge in [0.25, 0.3) is 0 Å². The minimum absolute atomic E-state index is 0.266. The maximum absolute atomic E-state index is 12.0. The molecule has 0 amide bonds. The number of carbonyl (C=O) groups is 1. The summed E-state index contributed by atoms with van der Waals surface area (Å²) in [6.45, 7) is 6.73. The highest BCUT2D eigenvalue weighted by molar-refractivity contribution is 6.03. The maximum atomic E-state index is 12.0. The Morgan fingerprint density at radius 2 is 1.61 bits per heavy atom. The lowest BCUT2D eigenvalue weighted by atomic mass is 9.97. The molecule has 0 saturated carbocycles. The number of aromatic nitrogens is 1. The number of aromatic amines is 1. The van der Waals surface area contributed by atoms with Gasteiger partial charge >= 0.3 is 5.97 Å². The molecule has 0 unspecified atom stereocenters. The summed E-state index contributed by atoms with van der Waals surface area (Å²) in [7, 11) is 0. The topological polar surface area (TPSA) is 62.3 Å². The van der Waals surface area contributed by atoms with Crippen molar-refractivity contribution in [2.45, 2.75) is 33.6 Å². The number of ether oxygens (including phenoxy) is 1. The molecule has 0 aliphatic heterocycles. The summed E-state index contributed by atoms with van der Waals surface area (Å²) in [5.74, 6) is -0.0448. The van der Waals surface area contributed by atoms with E-state index in [0.29, 0.717) is 13.0 Å². The van der Waals surface area contributed by atoms with Crippen molar-refractivity contribution in [1.82, 2.24) is 4.98 Å². The number of nitrogens with one attached hydrogen (secondary N) is 1. The van der Waals surface area contributed by atoms with Crippen molar-refractivity contribution in [2.75, 3.05) is 6.61 Å². The smallest absolute Gasteiger partial charge is 0.352 e. The minimum atomic E-state index is -0.933. The maximum Gasteiger partial charge on any atom is 0.352 e. The number of aromatic carboxylic acids is 1. The van der Waals surface area contributed by atoms with Crippen LogP contribution in [0.4, 0.5) is 0 Å². The summed E-state index contributed by atoms with van der Waals surface area (Å²) in [6, 6.07) is 20.2. The van der Waals surface area contributed by atoms with E-state index >= 15 is 0 Å². The first-order chi connectivity index (χ1) is 15.0. The fourth-order valence-electron chi connectivity index (χ4n) is 4.13. The minimum Gasteiger partial charge on any atom is -0.493 e.